The topological polar surface area (TPSA) is 66.8 Å². The highest BCUT2D eigenvalue weighted by molar-refractivity contribution is 5.97. The lowest BCUT2D eigenvalue weighted by atomic mass is 9.87. The van der Waals surface area contributed by atoms with Gasteiger partial charge in [0, 0.05) is 13.1 Å². The van der Waals surface area contributed by atoms with E-state index in [1.165, 1.54) is 30.2 Å². The van der Waals surface area contributed by atoms with Crippen LogP contribution in [-0.2, 0) is 4.79 Å². The summed E-state index contributed by atoms with van der Waals surface area (Å²) in [4.78, 5) is 25.1. The molecule has 1 saturated heterocycles. The van der Waals surface area contributed by atoms with Crippen LogP contribution in [0.3, 0.4) is 0 Å². The number of ether oxygens (including phenoxy) is 1. The number of aliphatic carboxylic acids is 1. The molecule has 114 valence electrons. The maximum Gasteiger partial charge on any atom is 0.306 e. The molecule has 0 aliphatic carbocycles. The molecule has 1 fully saturated rings. The van der Waals surface area contributed by atoms with Crippen molar-refractivity contribution in [1.29, 1.82) is 0 Å². The van der Waals surface area contributed by atoms with E-state index < -0.39 is 23.6 Å². The molecule has 2 rings (SSSR count). The van der Waals surface area contributed by atoms with E-state index in [4.69, 9.17) is 9.84 Å². The van der Waals surface area contributed by atoms with Gasteiger partial charge in [-0.25, -0.2) is 4.39 Å². The van der Waals surface area contributed by atoms with Gasteiger partial charge in [-0.2, -0.15) is 0 Å². The fourth-order valence-electron chi connectivity index (χ4n) is 2.74. The summed E-state index contributed by atoms with van der Waals surface area (Å²) in [6.07, 6.45) is 0.374. The molecular formula is C15H18FNO4. The van der Waals surface area contributed by atoms with Crippen molar-refractivity contribution in [3.63, 3.8) is 0 Å². The van der Waals surface area contributed by atoms with Gasteiger partial charge in [0.15, 0.2) is 0 Å². The van der Waals surface area contributed by atoms with Crippen molar-refractivity contribution < 1.29 is 23.8 Å². The zero-order valence-corrected chi connectivity index (χ0v) is 12.0. The second kappa shape index (κ2) is 6.11. The molecule has 0 saturated carbocycles. The van der Waals surface area contributed by atoms with Gasteiger partial charge in [-0.3, -0.25) is 9.59 Å². The molecule has 1 heterocycles. The van der Waals surface area contributed by atoms with Crippen LogP contribution in [0.15, 0.2) is 18.2 Å². The first-order chi connectivity index (χ1) is 9.95. The third-order valence-corrected chi connectivity index (χ3v) is 3.92. The van der Waals surface area contributed by atoms with Crippen molar-refractivity contribution in [3.8, 4) is 5.75 Å². The number of rotatable bonds is 3. The Morgan fingerprint density at radius 1 is 1.43 bits per heavy atom. The molecule has 2 unspecified atom stereocenters. The molecule has 0 radical (unpaired) electrons. The van der Waals surface area contributed by atoms with Gasteiger partial charge in [0.05, 0.1) is 13.0 Å². The Morgan fingerprint density at radius 2 is 2.14 bits per heavy atom. The van der Waals surface area contributed by atoms with Crippen molar-refractivity contribution in [3.05, 3.63) is 29.6 Å². The summed E-state index contributed by atoms with van der Waals surface area (Å²) < 4.78 is 19.0. The van der Waals surface area contributed by atoms with Crippen LogP contribution in [0.2, 0.25) is 0 Å². The number of nitrogens with zero attached hydrogens (tertiary/aromatic N) is 1. The maximum atomic E-state index is 13.9. The van der Waals surface area contributed by atoms with Crippen molar-refractivity contribution in [2.24, 2.45) is 11.8 Å². The smallest absolute Gasteiger partial charge is 0.306 e. The normalized spacial score (nSPS) is 22.0. The third-order valence-electron chi connectivity index (χ3n) is 3.92. The SMILES string of the molecule is COc1cccc(F)c1C(=O)N1CCC(C(=O)O)C(C)C1. The van der Waals surface area contributed by atoms with Gasteiger partial charge < -0.3 is 14.7 Å². The highest BCUT2D eigenvalue weighted by atomic mass is 19.1. The van der Waals surface area contributed by atoms with E-state index in [0.717, 1.165) is 0 Å². The summed E-state index contributed by atoms with van der Waals surface area (Å²) in [6.45, 7) is 2.39. The maximum absolute atomic E-state index is 13.9. The molecule has 0 spiro atoms. The van der Waals surface area contributed by atoms with Crippen LogP contribution in [-0.4, -0.2) is 42.1 Å². The van der Waals surface area contributed by atoms with Gasteiger partial charge in [0.25, 0.3) is 5.91 Å². The van der Waals surface area contributed by atoms with Gasteiger partial charge in [-0.1, -0.05) is 13.0 Å². The van der Waals surface area contributed by atoms with E-state index in [0.29, 0.717) is 19.5 Å². The van der Waals surface area contributed by atoms with Crippen molar-refractivity contribution in [2.75, 3.05) is 20.2 Å². The molecule has 1 amide bonds. The summed E-state index contributed by atoms with van der Waals surface area (Å²) in [5.74, 6) is -2.38. The Bertz CT molecular complexity index is 561. The number of hydrogen-bond acceptors (Lipinski definition) is 3. The van der Waals surface area contributed by atoms with Crippen LogP contribution in [0.4, 0.5) is 4.39 Å². The lowest BCUT2D eigenvalue weighted by molar-refractivity contribution is -0.145. The third kappa shape index (κ3) is 2.99. The highest BCUT2D eigenvalue weighted by Gasteiger charge is 2.34. The number of carbonyl (C=O) groups excluding carboxylic acids is 1. The number of carbonyl (C=O) groups is 2. The van der Waals surface area contributed by atoms with Gasteiger partial charge in [-0.05, 0) is 24.5 Å². The van der Waals surface area contributed by atoms with Crippen LogP contribution in [0.25, 0.3) is 0 Å². The largest absolute Gasteiger partial charge is 0.496 e. The standard InChI is InChI=1S/C15H18FNO4/c1-9-8-17(7-6-10(9)15(19)20)14(18)13-11(16)4-3-5-12(13)21-2/h3-5,9-10H,6-8H2,1-2H3,(H,19,20). The number of carboxylic acid groups (broad SMARTS) is 1. The van der Waals surface area contributed by atoms with E-state index in [9.17, 15) is 14.0 Å². The van der Waals surface area contributed by atoms with Crippen molar-refractivity contribution in [2.45, 2.75) is 13.3 Å². The van der Waals surface area contributed by atoms with E-state index in [-0.39, 0.29) is 17.2 Å². The average molecular weight is 295 g/mol. The molecule has 1 aromatic carbocycles. The van der Waals surface area contributed by atoms with Gasteiger partial charge in [-0.15, -0.1) is 0 Å². The number of halogens is 1. The molecule has 1 aromatic rings. The average Bonchev–Trinajstić information content (AvgIpc) is 2.45. The second-order valence-corrected chi connectivity index (χ2v) is 5.28. The number of amides is 1. The van der Waals surface area contributed by atoms with E-state index in [1.54, 1.807) is 6.92 Å². The fourth-order valence-corrected chi connectivity index (χ4v) is 2.74. The minimum atomic E-state index is -0.849. The Hall–Kier alpha value is -2.11. The summed E-state index contributed by atoms with van der Waals surface area (Å²) in [5.41, 5.74) is -0.0963. The Morgan fingerprint density at radius 3 is 2.71 bits per heavy atom. The first-order valence-electron chi connectivity index (χ1n) is 6.80. The van der Waals surface area contributed by atoms with E-state index in [1.807, 2.05) is 0 Å². The second-order valence-electron chi connectivity index (χ2n) is 5.28. The molecule has 0 aromatic heterocycles. The van der Waals surface area contributed by atoms with Crippen LogP contribution in [0.5, 0.6) is 5.75 Å². The van der Waals surface area contributed by atoms with E-state index in [2.05, 4.69) is 0 Å². The number of carboxylic acids is 1. The highest BCUT2D eigenvalue weighted by Crippen LogP contribution is 2.28. The molecule has 1 aliphatic rings. The summed E-state index contributed by atoms with van der Waals surface area (Å²) in [5, 5.41) is 9.09. The molecule has 0 bridgehead atoms. The van der Waals surface area contributed by atoms with Gasteiger partial charge >= 0.3 is 5.97 Å². The number of likely N-dealkylation sites (tertiary alicyclic amines) is 1. The number of piperidine rings is 1. The van der Waals surface area contributed by atoms with Crippen LogP contribution in [0, 0.1) is 17.7 Å². The Labute approximate surface area is 122 Å². The Kier molecular flexibility index (Phi) is 4.45. The fraction of sp³-hybridized carbons (Fsp3) is 0.467. The lowest BCUT2D eigenvalue weighted by Crippen LogP contribution is -2.45. The minimum absolute atomic E-state index is 0.0963. The minimum Gasteiger partial charge on any atom is -0.496 e. The van der Waals surface area contributed by atoms with E-state index >= 15 is 0 Å². The molecule has 5 nitrogen and oxygen atoms in total. The van der Waals surface area contributed by atoms with Gasteiger partial charge in [0.1, 0.15) is 17.1 Å². The number of hydrogen-bond donors (Lipinski definition) is 1. The predicted octanol–water partition coefficient (Wildman–Crippen LogP) is 2.02. The number of benzene rings is 1. The summed E-state index contributed by atoms with van der Waals surface area (Å²) in [7, 11) is 1.38. The predicted molar refractivity (Wildman–Crippen MR) is 73.8 cm³/mol. The van der Waals surface area contributed by atoms with Crippen molar-refractivity contribution >= 4 is 11.9 Å². The molecule has 6 heteroatoms. The molecular weight excluding hydrogens is 277 g/mol. The van der Waals surface area contributed by atoms with Gasteiger partial charge in [0.2, 0.25) is 0 Å². The summed E-state index contributed by atoms with van der Waals surface area (Å²) >= 11 is 0. The molecule has 21 heavy (non-hydrogen) atoms. The lowest BCUT2D eigenvalue weighted by Gasteiger charge is -2.35. The molecule has 2 atom stereocenters. The quantitative estimate of drug-likeness (QED) is 0.926. The van der Waals surface area contributed by atoms with Crippen LogP contribution < -0.4 is 4.74 Å². The van der Waals surface area contributed by atoms with Crippen LogP contribution >= 0.6 is 0 Å². The Balaban J connectivity index is 2.21. The first kappa shape index (κ1) is 15.3. The van der Waals surface area contributed by atoms with Crippen molar-refractivity contribution in [1.82, 2.24) is 4.90 Å². The van der Waals surface area contributed by atoms with Crippen LogP contribution in [0.1, 0.15) is 23.7 Å². The zero-order valence-electron chi connectivity index (χ0n) is 12.0. The summed E-state index contributed by atoms with van der Waals surface area (Å²) in [6, 6.07) is 4.22. The zero-order chi connectivity index (χ0) is 15.6. The molecule has 1 N–H and O–H groups in total. The molecule has 1 aliphatic heterocycles. The monoisotopic (exact) mass is 295 g/mol. The number of methoxy groups -OCH3 is 1. The first-order valence-corrected chi connectivity index (χ1v) is 6.80.